The largest absolute Gasteiger partial charge is 0.444 e. The number of likely N-dealkylation sites (tertiary alicyclic amines) is 1. The Labute approximate surface area is 183 Å². The predicted octanol–water partition coefficient (Wildman–Crippen LogP) is 2.27. The van der Waals surface area contributed by atoms with Crippen molar-refractivity contribution in [3.05, 3.63) is 0 Å². The average molecular weight is 445 g/mol. The second-order valence-electron chi connectivity index (χ2n) is 10.4. The zero-order valence-electron chi connectivity index (χ0n) is 19.9. The van der Waals surface area contributed by atoms with E-state index in [1.807, 2.05) is 0 Å². The number of imide groups is 1. The van der Waals surface area contributed by atoms with Gasteiger partial charge in [0.1, 0.15) is 23.4 Å². The third-order valence-electron chi connectivity index (χ3n) is 4.79. The first-order chi connectivity index (χ1) is 14.0. The number of hydrogen-bond acceptors (Lipinski definition) is 8. The lowest BCUT2D eigenvalue weighted by Crippen LogP contribution is -2.55. The van der Waals surface area contributed by atoms with Gasteiger partial charge in [0, 0.05) is 6.92 Å². The molecular weight excluding hydrogens is 408 g/mol. The van der Waals surface area contributed by atoms with Crippen LogP contribution in [-0.2, 0) is 23.7 Å². The fourth-order valence-corrected chi connectivity index (χ4v) is 3.78. The third kappa shape index (κ3) is 6.08. The van der Waals surface area contributed by atoms with E-state index in [9.17, 15) is 19.5 Å². The first-order valence-electron chi connectivity index (χ1n) is 10.4. The van der Waals surface area contributed by atoms with Crippen molar-refractivity contribution in [1.82, 2.24) is 9.80 Å². The molecule has 2 saturated heterocycles. The van der Waals surface area contributed by atoms with Crippen molar-refractivity contribution in [1.29, 1.82) is 0 Å². The quantitative estimate of drug-likeness (QED) is 0.705. The number of ether oxygens (including phenoxy) is 4. The number of carbonyl (C=O) groups is 3. The lowest BCUT2D eigenvalue weighted by Gasteiger charge is -2.36. The van der Waals surface area contributed by atoms with Crippen LogP contribution in [0.5, 0.6) is 0 Å². The number of aliphatic hydroxyl groups excluding tert-OH is 1. The van der Waals surface area contributed by atoms with Crippen LogP contribution in [0.25, 0.3) is 0 Å². The van der Waals surface area contributed by atoms with Crippen LogP contribution in [0.15, 0.2) is 0 Å². The molecule has 0 spiro atoms. The van der Waals surface area contributed by atoms with Crippen molar-refractivity contribution in [2.75, 3.05) is 13.2 Å². The topological polar surface area (TPSA) is 115 Å². The lowest BCUT2D eigenvalue weighted by molar-refractivity contribution is -0.169. The minimum atomic E-state index is -0.950. The predicted molar refractivity (Wildman–Crippen MR) is 110 cm³/mol. The minimum Gasteiger partial charge on any atom is -0.444 e. The first kappa shape index (κ1) is 25.4. The van der Waals surface area contributed by atoms with Crippen molar-refractivity contribution in [3.63, 3.8) is 0 Å². The fourth-order valence-electron chi connectivity index (χ4n) is 3.78. The van der Waals surface area contributed by atoms with Crippen molar-refractivity contribution < 1.29 is 38.4 Å². The van der Waals surface area contributed by atoms with E-state index < -0.39 is 66.0 Å². The van der Waals surface area contributed by atoms with E-state index in [-0.39, 0.29) is 6.54 Å². The molecule has 1 N–H and O–H groups in total. The van der Waals surface area contributed by atoms with Crippen LogP contribution in [0.4, 0.5) is 9.59 Å². The number of amides is 3. The molecule has 0 unspecified atom stereocenters. The summed E-state index contributed by atoms with van der Waals surface area (Å²) in [6, 6.07) is -1.56. The molecule has 10 heteroatoms. The minimum absolute atomic E-state index is 0.194. The molecule has 0 aliphatic carbocycles. The molecule has 4 atom stereocenters. The molecule has 2 aliphatic rings. The van der Waals surface area contributed by atoms with Gasteiger partial charge in [-0.1, -0.05) is 0 Å². The van der Waals surface area contributed by atoms with E-state index >= 15 is 0 Å². The molecule has 0 aromatic heterocycles. The summed E-state index contributed by atoms with van der Waals surface area (Å²) in [5.41, 5.74) is -1.60. The molecule has 10 nitrogen and oxygen atoms in total. The van der Waals surface area contributed by atoms with E-state index in [2.05, 4.69) is 0 Å². The van der Waals surface area contributed by atoms with Gasteiger partial charge in [-0.05, 0) is 55.4 Å². The van der Waals surface area contributed by atoms with Gasteiger partial charge in [0.25, 0.3) is 0 Å². The molecule has 0 saturated carbocycles. The maximum absolute atomic E-state index is 13.0. The smallest absolute Gasteiger partial charge is 0.417 e. The maximum Gasteiger partial charge on any atom is 0.417 e. The summed E-state index contributed by atoms with van der Waals surface area (Å²) in [4.78, 5) is 40.3. The molecule has 2 aliphatic heterocycles. The molecular formula is C21H36N2O8. The normalized spacial score (nSPS) is 27.6. The van der Waals surface area contributed by atoms with Crippen LogP contribution in [0.3, 0.4) is 0 Å². The third-order valence-corrected chi connectivity index (χ3v) is 4.79. The number of hydrogen-bond donors (Lipinski definition) is 1. The zero-order chi connectivity index (χ0) is 23.9. The number of carbonyl (C=O) groups excluding carboxylic acids is 3. The Morgan fingerprint density at radius 1 is 0.968 bits per heavy atom. The van der Waals surface area contributed by atoms with Crippen LogP contribution in [0.1, 0.15) is 62.3 Å². The van der Waals surface area contributed by atoms with E-state index in [1.165, 1.54) is 11.8 Å². The maximum atomic E-state index is 13.0. The highest BCUT2D eigenvalue weighted by Crippen LogP contribution is 2.41. The first-order valence-corrected chi connectivity index (χ1v) is 10.4. The second-order valence-corrected chi connectivity index (χ2v) is 10.4. The second kappa shape index (κ2) is 8.55. The van der Waals surface area contributed by atoms with Crippen LogP contribution in [-0.4, -0.2) is 87.4 Å². The Hall–Kier alpha value is -1.91. The van der Waals surface area contributed by atoms with E-state index in [0.717, 1.165) is 4.90 Å². The Balaban J connectivity index is 2.40. The summed E-state index contributed by atoms with van der Waals surface area (Å²) in [5, 5.41) is 10.1. The van der Waals surface area contributed by atoms with E-state index in [0.29, 0.717) is 0 Å². The summed E-state index contributed by atoms with van der Waals surface area (Å²) in [5.74, 6) is -1.49. The fraction of sp³-hybridized carbons (Fsp3) is 0.857. The van der Waals surface area contributed by atoms with Gasteiger partial charge < -0.3 is 24.1 Å². The molecule has 0 aromatic carbocycles. The summed E-state index contributed by atoms with van der Waals surface area (Å²) in [6.45, 7) is 14.4. The zero-order valence-corrected chi connectivity index (χ0v) is 19.9. The van der Waals surface area contributed by atoms with Crippen LogP contribution < -0.4 is 0 Å². The van der Waals surface area contributed by atoms with Crippen molar-refractivity contribution in [2.24, 2.45) is 0 Å². The van der Waals surface area contributed by atoms with Crippen LogP contribution in [0, 0.1) is 0 Å². The highest BCUT2D eigenvalue weighted by atomic mass is 16.8. The average Bonchev–Trinajstić information content (AvgIpc) is 2.98. The standard InChI is InChI=1S/C21H36N2O8/c1-12(25)22(17(26)30-19(2,3)4)10-13-15-16(29-21(8,9)28-15)14(11-24)23(13)18(27)31-20(5,6)7/h13-16,24H,10-11H2,1-9H3/t13-,14-,15-,16+/m0/s1. The van der Waals surface area contributed by atoms with Gasteiger partial charge in [-0.2, -0.15) is 0 Å². The van der Waals surface area contributed by atoms with Crippen molar-refractivity contribution in [2.45, 2.75) is 104 Å². The molecule has 178 valence electrons. The van der Waals surface area contributed by atoms with Gasteiger partial charge in [0.05, 0.1) is 25.2 Å². The molecule has 31 heavy (non-hydrogen) atoms. The van der Waals surface area contributed by atoms with Gasteiger partial charge in [0.15, 0.2) is 5.79 Å². The van der Waals surface area contributed by atoms with Crippen LogP contribution >= 0.6 is 0 Å². The summed E-state index contributed by atoms with van der Waals surface area (Å²) in [6.07, 6.45) is -2.84. The molecule has 3 amide bonds. The van der Waals surface area contributed by atoms with Crippen molar-refractivity contribution in [3.8, 4) is 0 Å². The molecule has 0 bridgehead atoms. The summed E-state index contributed by atoms with van der Waals surface area (Å²) < 4.78 is 22.9. The van der Waals surface area contributed by atoms with Gasteiger partial charge in [-0.3, -0.25) is 9.69 Å². The van der Waals surface area contributed by atoms with Gasteiger partial charge in [-0.15, -0.1) is 0 Å². The Bertz CT molecular complexity index is 709. The Kier molecular flexibility index (Phi) is 7.00. The monoisotopic (exact) mass is 444 g/mol. The molecule has 2 heterocycles. The number of rotatable bonds is 3. The highest BCUT2D eigenvalue weighted by molar-refractivity contribution is 5.90. The SMILES string of the molecule is CC(=O)N(C[C@H]1[C@@H]2OC(C)(C)O[C@@H]2[C@H](CO)N1C(=O)OC(C)(C)C)C(=O)OC(C)(C)C. The molecule has 0 radical (unpaired) electrons. The number of aliphatic hydroxyl groups is 1. The van der Waals surface area contributed by atoms with Gasteiger partial charge in [-0.25, -0.2) is 14.5 Å². The molecule has 0 aromatic rings. The number of nitrogens with zero attached hydrogens (tertiary/aromatic N) is 2. The van der Waals surface area contributed by atoms with Crippen LogP contribution in [0.2, 0.25) is 0 Å². The molecule has 2 fully saturated rings. The van der Waals surface area contributed by atoms with E-state index in [4.69, 9.17) is 18.9 Å². The lowest BCUT2D eigenvalue weighted by atomic mass is 10.1. The summed E-state index contributed by atoms with van der Waals surface area (Å²) in [7, 11) is 0. The summed E-state index contributed by atoms with van der Waals surface area (Å²) >= 11 is 0. The van der Waals surface area contributed by atoms with Gasteiger partial charge in [0.2, 0.25) is 5.91 Å². The van der Waals surface area contributed by atoms with Crippen molar-refractivity contribution >= 4 is 18.1 Å². The highest BCUT2D eigenvalue weighted by Gasteiger charge is 2.60. The molecule has 2 rings (SSSR count). The number of fused-ring (bicyclic) bond motifs is 1. The Morgan fingerprint density at radius 3 is 1.87 bits per heavy atom. The van der Waals surface area contributed by atoms with E-state index in [1.54, 1.807) is 55.4 Å². The Morgan fingerprint density at radius 2 is 1.45 bits per heavy atom. The van der Waals surface area contributed by atoms with Gasteiger partial charge >= 0.3 is 12.2 Å².